The number of carbonyl (C=O) groups is 1. The van der Waals surface area contributed by atoms with Gasteiger partial charge in [-0.1, -0.05) is 42.5 Å². The summed E-state index contributed by atoms with van der Waals surface area (Å²) in [6.07, 6.45) is 3.25. The highest BCUT2D eigenvalue weighted by molar-refractivity contribution is 5.91. The highest BCUT2D eigenvalue weighted by Crippen LogP contribution is 2.12. The molecule has 2 rings (SSSR count). The fourth-order valence-electron chi connectivity index (χ4n) is 1.83. The normalized spacial score (nSPS) is 12.3. The third-order valence-corrected chi connectivity index (χ3v) is 2.96. The van der Waals surface area contributed by atoms with Crippen LogP contribution in [-0.2, 0) is 4.79 Å². The summed E-state index contributed by atoms with van der Waals surface area (Å²) in [5.41, 5.74) is 1.84. The quantitative estimate of drug-likeness (QED) is 0.842. The molecule has 1 amide bonds. The molecular weight excluding hydrogens is 253 g/mol. The fourth-order valence-corrected chi connectivity index (χ4v) is 1.83. The standard InChI is InChI=1S/C17H16FNO/c1-13(15-8-10-16(18)11-9-15)19-17(20)12-7-14-5-3-2-4-6-14/h2-13H,1H3,(H,19,20)/b12-7+/t13-/m0/s1. The number of hydrogen-bond acceptors (Lipinski definition) is 1. The van der Waals surface area contributed by atoms with Crippen LogP contribution >= 0.6 is 0 Å². The molecule has 0 aliphatic carbocycles. The molecule has 0 saturated heterocycles. The highest BCUT2D eigenvalue weighted by atomic mass is 19.1. The zero-order chi connectivity index (χ0) is 14.4. The molecule has 2 aromatic rings. The highest BCUT2D eigenvalue weighted by Gasteiger charge is 2.07. The second-order valence-electron chi connectivity index (χ2n) is 4.53. The zero-order valence-electron chi connectivity index (χ0n) is 11.2. The predicted octanol–water partition coefficient (Wildman–Crippen LogP) is 3.72. The number of nitrogens with one attached hydrogen (secondary N) is 1. The van der Waals surface area contributed by atoms with Gasteiger partial charge in [0.25, 0.3) is 0 Å². The van der Waals surface area contributed by atoms with Crippen LogP contribution in [0.2, 0.25) is 0 Å². The summed E-state index contributed by atoms with van der Waals surface area (Å²) < 4.78 is 12.8. The van der Waals surface area contributed by atoms with Gasteiger partial charge < -0.3 is 5.32 Å². The van der Waals surface area contributed by atoms with Crippen molar-refractivity contribution in [3.63, 3.8) is 0 Å². The van der Waals surface area contributed by atoms with Crippen LogP contribution in [0.5, 0.6) is 0 Å². The lowest BCUT2D eigenvalue weighted by Crippen LogP contribution is -2.24. The number of benzene rings is 2. The van der Waals surface area contributed by atoms with Crippen molar-refractivity contribution in [2.75, 3.05) is 0 Å². The first kappa shape index (κ1) is 14.0. The van der Waals surface area contributed by atoms with Gasteiger partial charge in [0.05, 0.1) is 6.04 Å². The van der Waals surface area contributed by atoms with Crippen molar-refractivity contribution in [2.45, 2.75) is 13.0 Å². The third kappa shape index (κ3) is 4.05. The van der Waals surface area contributed by atoms with Crippen molar-refractivity contribution < 1.29 is 9.18 Å². The number of carbonyl (C=O) groups excluding carboxylic acids is 1. The van der Waals surface area contributed by atoms with Gasteiger partial charge >= 0.3 is 0 Å². The van der Waals surface area contributed by atoms with Crippen molar-refractivity contribution in [2.24, 2.45) is 0 Å². The lowest BCUT2D eigenvalue weighted by Gasteiger charge is -2.12. The molecule has 102 valence electrons. The van der Waals surface area contributed by atoms with Gasteiger partial charge in [-0.3, -0.25) is 4.79 Å². The summed E-state index contributed by atoms with van der Waals surface area (Å²) in [6, 6.07) is 15.5. The summed E-state index contributed by atoms with van der Waals surface area (Å²) >= 11 is 0. The first-order valence-electron chi connectivity index (χ1n) is 6.44. The van der Waals surface area contributed by atoms with Crippen molar-refractivity contribution >= 4 is 12.0 Å². The lowest BCUT2D eigenvalue weighted by molar-refractivity contribution is -0.117. The minimum Gasteiger partial charge on any atom is -0.346 e. The van der Waals surface area contributed by atoms with Crippen LogP contribution < -0.4 is 5.32 Å². The van der Waals surface area contributed by atoms with Crippen LogP contribution in [0.25, 0.3) is 6.08 Å². The van der Waals surface area contributed by atoms with Crippen LogP contribution in [0.15, 0.2) is 60.7 Å². The summed E-state index contributed by atoms with van der Waals surface area (Å²) in [5, 5.41) is 2.84. The van der Waals surface area contributed by atoms with Crippen LogP contribution in [0.4, 0.5) is 4.39 Å². The van der Waals surface area contributed by atoms with Gasteiger partial charge in [-0.2, -0.15) is 0 Å². The SMILES string of the molecule is C[C@H](NC(=O)/C=C/c1ccccc1)c1ccc(F)cc1. The Labute approximate surface area is 118 Å². The summed E-state index contributed by atoms with van der Waals surface area (Å²) in [4.78, 5) is 11.8. The van der Waals surface area contributed by atoms with Gasteiger partial charge in [0.2, 0.25) is 5.91 Å². The van der Waals surface area contributed by atoms with Gasteiger partial charge in [0.1, 0.15) is 5.82 Å². The molecule has 1 N–H and O–H groups in total. The molecule has 2 aromatic carbocycles. The zero-order valence-corrected chi connectivity index (χ0v) is 11.2. The maximum Gasteiger partial charge on any atom is 0.244 e. The molecule has 3 heteroatoms. The monoisotopic (exact) mass is 269 g/mol. The minimum absolute atomic E-state index is 0.163. The number of halogens is 1. The molecule has 0 fully saturated rings. The van der Waals surface area contributed by atoms with Crippen LogP contribution in [-0.4, -0.2) is 5.91 Å². The van der Waals surface area contributed by atoms with E-state index in [9.17, 15) is 9.18 Å². The molecule has 1 atom stereocenters. The summed E-state index contributed by atoms with van der Waals surface area (Å²) in [7, 11) is 0. The first-order chi connectivity index (χ1) is 9.65. The predicted molar refractivity (Wildman–Crippen MR) is 78.4 cm³/mol. The summed E-state index contributed by atoms with van der Waals surface area (Å²) in [5.74, 6) is -0.457. The van der Waals surface area contributed by atoms with E-state index in [-0.39, 0.29) is 17.8 Å². The molecule has 0 unspecified atom stereocenters. The fraction of sp³-hybridized carbons (Fsp3) is 0.118. The van der Waals surface area contributed by atoms with Gasteiger partial charge in [-0.15, -0.1) is 0 Å². The number of rotatable bonds is 4. The second-order valence-corrected chi connectivity index (χ2v) is 4.53. The lowest BCUT2D eigenvalue weighted by atomic mass is 10.1. The molecule has 0 saturated carbocycles. The van der Waals surface area contributed by atoms with E-state index < -0.39 is 0 Å². The van der Waals surface area contributed by atoms with Crippen LogP contribution in [0, 0.1) is 5.82 Å². The van der Waals surface area contributed by atoms with Gasteiger partial charge in [0.15, 0.2) is 0 Å². The average Bonchev–Trinajstić information content (AvgIpc) is 2.47. The second kappa shape index (κ2) is 6.66. The van der Waals surface area contributed by atoms with E-state index in [1.165, 1.54) is 18.2 Å². The smallest absolute Gasteiger partial charge is 0.244 e. The third-order valence-electron chi connectivity index (χ3n) is 2.96. The number of amides is 1. The van der Waals surface area contributed by atoms with E-state index in [2.05, 4.69) is 5.32 Å². The molecule has 0 aromatic heterocycles. The van der Waals surface area contributed by atoms with E-state index in [0.717, 1.165) is 11.1 Å². The Morgan fingerprint density at radius 3 is 2.40 bits per heavy atom. The van der Waals surface area contributed by atoms with Crippen molar-refractivity contribution in [3.8, 4) is 0 Å². The topological polar surface area (TPSA) is 29.1 Å². The number of hydrogen-bond donors (Lipinski definition) is 1. The molecule has 2 nitrogen and oxygen atoms in total. The van der Waals surface area contributed by atoms with Gasteiger partial charge in [-0.25, -0.2) is 4.39 Å². The molecule has 0 spiro atoms. The van der Waals surface area contributed by atoms with E-state index in [0.29, 0.717) is 0 Å². The Bertz CT molecular complexity index is 590. The molecule has 0 aliphatic heterocycles. The average molecular weight is 269 g/mol. The van der Waals surface area contributed by atoms with Crippen molar-refractivity contribution in [1.82, 2.24) is 5.32 Å². The van der Waals surface area contributed by atoms with Gasteiger partial charge in [0, 0.05) is 6.08 Å². The molecule has 20 heavy (non-hydrogen) atoms. The molecule has 0 heterocycles. The maximum absolute atomic E-state index is 12.8. The minimum atomic E-state index is -0.281. The van der Waals surface area contributed by atoms with E-state index in [4.69, 9.17) is 0 Å². The van der Waals surface area contributed by atoms with E-state index >= 15 is 0 Å². The van der Waals surface area contributed by atoms with Gasteiger partial charge in [-0.05, 0) is 36.3 Å². The van der Waals surface area contributed by atoms with E-state index in [1.807, 2.05) is 37.3 Å². The van der Waals surface area contributed by atoms with Crippen LogP contribution in [0.3, 0.4) is 0 Å². The molecule has 0 radical (unpaired) electrons. The van der Waals surface area contributed by atoms with Crippen molar-refractivity contribution in [3.05, 3.63) is 77.6 Å². The molecule has 0 bridgehead atoms. The largest absolute Gasteiger partial charge is 0.346 e. The van der Waals surface area contributed by atoms with Crippen LogP contribution in [0.1, 0.15) is 24.1 Å². The Kier molecular flexibility index (Phi) is 4.66. The molecular formula is C17H16FNO. The Morgan fingerprint density at radius 2 is 1.75 bits per heavy atom. The maximum atomic E-state index is 12.8. The Balaban J connectivity index is 1.94. The van der Waals surface area contributed by atoms with Crippen molar-refractivity contribution in [1.29, 1.82) is 0 Å². The molecule has 0 aliphatic rings. The first-order valence-corrected chi connectivity index (χ1v) is 6.44. The Hall–Kier alpha value is -2.42. The summed E-state index contributed by atoms with van der Waals surface area (Å²) in [6.45, 7) is 1.86. The Morgan fingerprint density at radius 1 is 1.10 bits per heavy atom. The van der Waals surface area contributed by atoms with E-state index in [1.54, 1.807) is 18.2 Å².